The number of ether oxygens (including phenoxy) is 1. The maximum absolute atomic E-state index is 12.5. The molecule has 2 amide bonds. The highest BCUT2D eigenvalue weighted by Crippen LogP contribution is 2.20. The van der Waals surface area contributed by atoms with Crippen molar-refractivity contribution in [1.29, 1.82) is 0 Å². The van der Waals surface area contributed by atoms with E-state index in [9.17, 15) is 9.59 Å². The average molecular weight is 368 g/mol. The van der Waals surface area contributed by atoms with E-state index in [-0.39, 0.29) is 24.2 Å². The molecule has 3 rings (SSSR count). The molecule has 27 heavy (non-hydrogen) atoms. The van der Waals surface area contributed by atoms with Gasteiger partial charge in [0, 0.05) is 37.5 Å². The molecule has 0 radical (unpaired) electrons. The van der Waals surface area contributed by atoms with Crippen LogP contribution < -0.4 is 10.1 Å². The van der Waals surface area contributed by atoms with Crippen molar-refractivity contribution in [3.05, 3.63) is 54.0 Å². The molecule has 0 aromatic carbocycles. The van der Waals surface area contributed by atoms with Gasteiger partial charge in [0.1, 0.15) is 0 Å². The Hall–Kier alpha value is -2.96. The van der Waals surface area contributed by atoms with Crippen LogP contribution in [0.5, 0.6) is 5.88 Å². The van der Waals surface area contributed by atoms with E-state index < -0.39 is 0 Å². The summed E-state index contributed by atoms with van der Waals surface area (Å²) in [6.07, 6.45) is 4.48. The number of hydrogen-bond donors (Lipinski definition) is 1. The fourth-order valence-corrected chi connectivity index (χ4v) is 3.00. The maximum atomic E-state index is 12.5. The standard InChI is InChI=1S/C20H24N4O3/c1-2-10-27-20-15(6-5-9-22-20)12-23-19(26)16-11-18(25)24(13-16)14-17-7-3-4-8-21-17/h3-9,16H,2,10-14H2,1H3,(H,23,26). The van der Waals surface area contributed by atoms with Gasteiger partial charge in [0.2, 0.25) is 17.7 Å². The molecule has 1 saturated heterocycles. The van der Waals surface area contributed by atoms with Crippen LogP contribution in [0, 0.1) is 5.92 Å². The quantitative estimate of drug-likeness (QED) is 0.770. The van der Waals surface area contributed by atoms with Gasteiger partial charge in [-0.2, -0.15) is 0 Å². The van der Waals surface area contributed by atoms with E-state index in [1.54, 1.807) is 17.3 Å². The van der Waals surface area contributed by atoms with Crippen LogP contribution in [-0.2, 0) is 22.7 Å². The lowest BCUT2D eigenvalue weighted by Crippen LogP contribution is -2.32. The predicted molar refractivity (Wildman–Crippen MR) is 99.6 cm³/mol. The molecule has 2 aromatic heterocycles. The molecule has 0 spiro atoms. The van der Waals surface area contributed by atoms with Crippen molar-refractivity contribution in [2.75, 3.05) is 13.2 Å². The molecule has 1 fully saturated rings. The molecule has 1 N–H and O–H groups in total. The first kappa shape index (κ1) is 18.8. The molecule has 0 saturated carbocycles. The van der Waals surface area contributed by atoms with Crippen LogP contribution in [0.15, 0.2) is 42.7 Å². The summed E-state index contributed by atoms with van der Waals surface area (Å²) in [6.45, 7) is 3.78. The predicted octanol–water partition coefficient (Wildman–Crippen LogP) is 1.93. The van der Waals surface area contributed by atoms with Gasteiger partial charge < -0.3 is 15.0 Å². The van der Waals surface area contributed by atoms with Crippen molar-refractivity contribution in [1.82, 2.24) is 20.2 Å². The zero-order chi connectivity index (χ0) is 19.1. The summed E-state index contributed by atoms with van der Waals surface area (Å²) in [4.78, 5) is 34.9. The first-order valence-electron chi connectivity index (χ1n) is 9.19. The molecule has 1 aliphatic rings. The first-order chi connectivity index (χ1) is 13.2. The molecule has 0 bridgehead atoms. The van der Waals surface area contributed by atoms with Crippen molar-refractivity contribution in [3.63, 3.8) is 0 Å². The van der Waals surface area contributed by atoms with Crippen molar-refractivity contribution in [3.8, 4) is 5.88 Å². The molecule has 7 nitrogen and oxygen atoms in total. The lowest BCUT2D eigenvalue weighted by molar-refractivity contribution is -0.129. The number of carbonyl (C=O) groups excluding carboxylic acids is 2. The number of nitrogens with one attached hydrogen (secondary N) is 1. The molecule has 0 aliphatic carbocycles. The molecule has 1 unspecified atom stereocenters. The third-order valence-corrected chi connectivity index (χ3v) is 4.41. The molecule has 1 atom stereocenters. The molecule has 2 aromatic rings. The van der Waals surface area contributed by atoms with Gasteiger partial charge >= 0.3 is 0 Å². The third kappa shape index (κ3) is 5.03. The maximum Gasteiger partial charge on any atom is 0.225 e. The topological polar surface area (TPSA) is 84.4 Å². The van der Waals surface area contributed by atoms with Gasteiger partial charge in [-0.15, -0.1) is 0 Å². The van der Waals surface area contributed by atoms with E-state index in [4.69, 9.17) is 4.74 Å². The number of pyridine rings is 2. The molecule has 1 aliphatic heterocycles. The average Bonchev–Trinajstić information content (AvgIpc) is 3.06. The van der Waals surface area contributed by atoms with Crippen molar-refractivity contribution in [2.45, 2.75) is 32.9 Å². The molecule has 3 heterocycles. The Kier molecular flexibility index (Phi) is 6.35. The van der Waals surface area contributed by atoms with Crippen LogP contribution in [0.2, 0.25) is 0 Å². The second-order valence-electron chi connectivity index (χ2n) is 6.53. The van der Waals surface area contributed by atoms with Crippen LogP contribution in [0.3, 0.4) is 0 Å². The minimum atomic E-state index is -0.349. The van der Waals surface area contributed by atoms with Gasteiger partial charge in [0.15, 0.2) is 0 Å². The Bertz CT molecular complexity index is 782. The van der Waals surface area contributed by atoms with E-state index in [1.165, 1.54) is 0 Å². The summed E-state index contributed by atoms with van der Waals surface area (Å²) in [5, 5.41) is 2.91. The highest BCUT2D eigenvalue weighted by Gasteiger charge is 2.34. The zero-order valence-corrected chi connectivity index (χ0v) is 15.4. The second kappa shape index (κ2) is 9.12. The summed E-state index contributed by atoms with van der Waals surface area (Å²) >= 11 is 0. The van der Waals surface area contributed by atoms with E-state index >= 15 is 0 Å². The Labute approximate surface area is 158 Å². The highest BCUT2D eigenvalue weighted by molar-refractivity contribution is 5.89. The second-order valence-corrected chi connectivity index (χ2v) is 6.53. The van der Waals surface area contributed by atoms with Gasteiger partial charge in [0.05, 0.1) is 24.8 Å². The Morgan fingerprint density at radius 1 is 1.26 bits per heavy atom. The lowest BCUT2D eigenvalue weighted by atomic mass is 10.1. The van der Waals surface area contributed by atoms with Crippen LogP contribution >= 0.6 is 0 Å². The number of nitrogens with zero attached hydrogens (tertiary/aromatic N) is 3. The molecule has 7 heteroatoms. The van der Waals surface area contributed by atoms with Gasteiger partial charge in [-0.25, -0.2) is 4.98 Å². The summed E-state index contributed by atoms with van der Waals surface area (Å²) in [5.41, 5.74) is 1.65. The smallest absolute Gasteiger partial charge is 0.225 e. The number of likely N-dealkylation sites (tertiary alicyclic amines) is 1. The van der Waals surface area contributed by atoms with Gasteiger partial charge in [-0.05, 0) is 24.6 Å². The number of amides is 2. The van der Waals surface area contributed by atoms with Gasteiger partial charge in [0.25, 0.3) is 0 Å². The Morgan fingerprint density at radius 2 is 2.11 bits per heavy atom. The third-order valence-electron chi connectivity index (χ3n) is 4.41. The Balaban J connectivity index is 1.54. The van der Waals surface area contributed by atoms with Crippen LogP contribution in [-0.4, -0.2) is 39.8 Å². The number of aromatic nitrogens is 2. The number of carbonyl (C=O) groups is 2. The van der Waals surface area contributed by atoms with Crippen molar-refractivity contribution < 1.29 is 14.3 Å². The Morgan fingerprint density at radius 3 is 2.89 bits per heavy atom. The fraction of sp³-hybridized carbons (Fsp3) is 0.400. The van der Waals surface area contributed by atoms with Gasteiger partial charge in [-0.1, -0.05) is 19.1 Å². The van der Waals surface area contributed by atoms with Crippen LogP contribution in [0.4, 0.5) is 0 Å². The monoisotopic (exact) mass is 368 g/mol. The zero-order valence-electron chi connectivity index (χ0n) is 15.4. The highest BCUT2D eigenvalue weighted by atomic mass is 16.5. The normalized spacial score (nSPS) is 16.4. The fourth-order valence-electron chi connectivity index (χ4n) is 3.00. The number of hydrogen-bond acceptors (Lipinski definition) is 5. The van der Waals surface area contributed by atoms with Crippen LogP contribution in [0.1, 0.15) is 31.0 Å². The summed E-state index contributed by atoms with van der Waals surface area (Å²) in [6, 6.07) is 9.29. The molecular weight excluding hydrogens is 344 g/mol. The molecular formula is C20H24N4O3. The largest absolute Gasteiger partial charge is 0.477 e. The summed E-state index contributed by atoms with van der Waals surface area (Å²) < 4.78 is 5.61. The van der Waals surface area contributed by atoms with E-state index in [0.29, 0.717) is 32.1 Å². The van der Waals surface area contributed by atoms with E-state index in [2.05, 4.69) is 15.3 Å². The molecule has 142 valence electrons. The SMILES string of the molecule is CCCOc1ncccc1CNC(=O)C1CC(=O)N(Cc2ccccn2)C1. The summed E-state index contributed by atoms with van der Waals surface area (Å²) in [5.74, 6) is 0.0446. The van der Waals surface area contributed by atoms with Crippen LogP contribution in [0.25, 0.3) is 0 Å². The lowest BCUT2D eigenvalue weighted by Gasteiger charge is -2.16. The van der Waals surface area contributed by atoms with Gasteiger partial charge in [-0.3, -0.25) is 14.6 Å². The van der Waals surface area contributed by atoms with Crippen molar-refractivity contribution >= 4 is 11.8 Å². The van der Waals surface area contributed by atoms with E-state index in [0.717, 1.165) is 17.7 Å². The summed E-state index contributed by atoms with van der Waals surface area (Å²) in [7, 11) is 0. The number of rotatable bonds is 8. The van der Waals surface area contributed by atoms with E-state index in [1.807, 2.05) is 37.3 Å². The van der Waals surface area contributed by atoms with Crippen molar-refractivity contribution in [2.24, 2.45) is 5.92 Å². The first-order valence-corrected chi connectivity index (χ1v) is 9.19. The minimum absolute atomic E-state index is 0.0193. The minimum Gasteiger partial charge on any atom is -0.477 e.